The minimum atomic E-state index is 0.975. The van der Waals surface area contributed by atoms with Crippen LogP contribution in [0.15, 0.2) is 36.4 Å². The fourth-order valence-electron chi connectivity index (χ4n) is 2.29. The number of anilines is 1. The number of hydrogen-bond acceptors (Lipinski definition) is 2. The average molecular weight is 241 g/mol. The van der Waals surface area contributed by atoms with Crippen LogP contribution in [0.3, 0.4) is 0 Å². The van der Waals surface area contributed by atoms with Gasteiger partial charge >= 0.3 is 0 Å². The summed E-state index contributed by atoms with van der Waals surface area (Å²) >= 11 is 0. The third-order valence-electron chi connectivity index (χ3n) is 3.15. The van der Waals surface area contributed by atoms with E-state index in [2.05, 4.69) is 55.6 Å². The largest absolute Gasteiger partial charge is 0.496 e. The van der Waals surface area contributed by atoms with Crippen LogP contribution < -0.4 is 10.1 Å². The number of nitrogens with one attached hydrogen (secondary N) is 1. The Kier molecular flexibility index (Phi) is 3.56. The number of methoxy groups -OCH3 is 1. The van der Waals surface area contributed by atoms with Crippen LogP contribution in [0.4, 0.5) is 5.69 Å². The molecule has 94 valence electrons. The maximum atomic E-state index is 5.40. The second-order valence-corrected chi connectivity index (χ2v) is 4.47. The Morgan fingerprint density at radius 2 is 1.61 bits per heavy atom. The van der Waals surface area contributed by atoms with Crippen LogP contribution in [0.2, 0.25) is 0 Å². The summed E-state index contributed by atoms with van der Waals surface area (Å²) in [5.41, 5.74) is 5.90. The molecule has 2 heteroatoms. The normalized spacial score (nSPS) is 10.2. The van der Waals surface area contributed by atoms with Crippen molar-refractivity contribution >= 4 is 5.69 Å². The molecular formula is C16H19NO. The molecule has 0 spiro atoms. The van der Waals surface area contributed by atoms with Gasteiger partial charge in [-0.1, -0.05) is 12.1 Å². The number of hydrogen-bond donors (Lipinski definition) is 1. The van der Waals surface area contributed by atoms with Crippen LogP contribution in [-0.4, -0.2) is 14.2 Å². The monoisotopic (exact) mass is 241 g/mol. The summed E-state index contributed by atoms with van der Waals surface area (Å²) in [6.45, 7) is 4.16. The summed E-state index contributed by atoms with van der Waals surface area (Å²) in [5.74, 6) is 0.975. The molecule has 0 aliphatic heterocycles. The molecule has 2 aromatic carbocycles. The van der Waals surface area contributed by atoms with E-state index in [1.165, 1.54) is 22.3 Å². The van der Waals surface area contributed by atoms with Gasteiger partial charge in [0, 0.05) is 12.7 Å². The van der Waals surface area contributed by atoms with Crippen molar-refractivity contribution in [3.8, 4) is 16.9 Å². The molecule has 0 amide bonds. The maximum Gasteiger partial charge on any atom is 0.124 e. The second-order valence-electron chi connectivity index (χ2n) is 4.47. The molecule has 1 N–H and O–H groups in total. The van der Waals surface area contributed by atoms with Crippen LogP contribution in [0.5, 0.6) is 5.75 Å². The summed E-state index contributed by atoms with van der Waals surface area (Å²) in [7, 11) is 3.65. The first-order chi connectivity index (χ1) is 8.65. The standard InChI is InChI=1S/C16H19NO/c1-11-8-14(9-12(2)16(11)18-4)13-6-5-7-15(10-13)17-3/h5-10,17H,1-4H3. The van der Waals surface area contributed by atoms with Crippen molar-refractivity contribution in [2.24, 2.45) is 0 Å². The molecule has 2 rings (SSSR count). The Morgan fingerprint density at radius 1 is 0.944 bits per heavy atom. The summed E-state index contributed by atoms with van der Waals surface area (Å²) in [6.07, 6.45) is 0. The van der Waals surface area contributed by atoms with Gasteiger partial charge in [-0.05, 0) is 60.4 Å². The zero-order valence-electron chi connectivity index (χ0n) is 11.4. The Balaban J connectivity index is 2.51. The number of ether oxygens (including phenoxy) is 1. The van der Waals surface area contributed by atoms with Crippen LogP contribution >= 0.6 is 0 Å². The van der Waals surface area contributed by atoms with Gasteiger partial charge < -0.3 is 10.1 Å². The smallest absolute Gasteiger partial charge is 0.124 e. The van der Waals surface area contributed by atoms with Crippen LogP contribution in [0, 0.1) is 13.8 Å². The molecule has 0 aliphatic rings. The lowest BCUT2D eigenvalue weighted by molar-refractivity contribution is 0.408. The van der Waals surface area contributed by atoms with E-state index in [1.807, 2.05) is 7.05 Å². The van der Waals surface area contributed by atoms with Gasteiger partial charge in [0.2, 0.25) is 0 Å². The van der Waals surface area contributed by atoms with Gasteiger partial charge in [0.1, 0.15) is 5.75 Å². The molecular weight excluding hydrogens is 222 g/mol. The molecule has 2 aromatic rings. The molecule has 0 atom stereocenters. The van der Waals surface area contributed by atoms with E-state index in [0.29, 0.717) is 0 Å². The van der Waals surface area contributed by atoms with E-state index >= 15 is 0 Å². The molecule has 0 fully saturated rings. The lowest BCUT2D eigenvalue weighted by Crippen LogP contribution is -1.93. The van der Waals surface area contributed by atoms with Gasteiger partial charge in [0.15, 0.2) is 0 Å². The first kappa shape index (κ1) is 12.5. The highest BCUT2D eigenvalue weighted by Gasteiger charge is 2.07. The maximum absolute atomic E-state index is 5.40. The fraction of sp³-hybridized carbons (Fsp3) is 0.250. The van der Waals surface area contributed by atoms with Crippen LogP contribution in [0.1, 0.15) is 11.1 Å². The number of benzene rings is 2. The van der Waals surface area contributed by atoms with E-state index in [0.717, 1.165) is 11.4 Å². The van der Waals surface area contributed by atoms with Crippen molar-refractivity contribution in [1.29, 1.82) is 0 Å². The third kappa shape index (κ3) is 2.33. The Labute approximate surface area is 109 Å². The highest BCUT2D eigenvalue weighted by Crippen LogP contribution is 2.30. The molecule has 0 aliphatic carbocycles. The third-order valence-corrected chi connectivity index (χ3v) is 3.15. The van der Waals surface area contributed by atoms with Gasteiger partial charge in [0.25, 0.3) is 0 Å². The number of aryl methyl sites for hydroxylation is 2. The summed E-state index contributed by atoms with van der Waals surface area (Å²) in [6, 6.07) is 12.7. The molecule has 0 bridgehead atoms. The molecule has 0 saturated heterocycles. The predicted octanol–water partition coefficient (Wildman–Crippen LogP) is 4.02. The van der Waals surface area contributed by atoms with E-state index in [-0.39, 0.29) is 0 Å². The lowest BCUT2D eigenvalue weighted by atomic mass is 9.99. The van der Waals surface area contributed by atoms with Crippen molar-refractivity contribution in [1.82, 2.24) is 0 Å². The summed E-state index contributed by atoms with van der Waals surface area (Å²) in [5, 5.41) is 3.16. The fourth-order valence-corrected chi connectivity index (χ4v) is 2.29. The zero-order chi connectivity index (χ0) is 13.1. The van der Waals surface area contributed by atoms with Crippen LogP contribution in [0.25, 0.3) is 11.1 Å². The minimum Gasteiger partial charge on any atom is -0.496 e. The van der Waals surface area contributed by atoms with Crippen molar-refractivity contribution < 1.29 is 4.74 Å². The molecule has 0 saturated carbocycles. The second kappa shape index (κ2) is 5.13. The van der Waals surface area contributed by atoms with E-state index in [1.54, 1.807) is 7.11 Å². The van der Waals surface area contributed by atoms with Gasteiger partial charge in [-0.3, -0.25) is 0 Å². The highest BCUT2D eigenvalue weighted by molar-refractivity contribution is 5.70. The summed E-state index contributed by atoms with van der Waals surface area (Å²) < 4.78 is 5.40. The molecule has 0 unspecified atom stereocenters. The molecule has 18 heavy (non-hydrogen) atoms. The topological polar surface area (TPSA) is 21.3 Å². The van der Waals surface area contributed by atoms with E-state index in [9.17, 15) is 0 Å². The molecule has 0 heterocycles. The molecule has 2 nitrogen and oxygen atoms in total. The quantitative estimate of drug-likeness (QED) is 0.876. The summed E-state index contributed by atoms with van der Waals surface area (Å²) in [4.78, 5) is 0. The zero-order valence-corrected chi connectivity index (χ0v) is 11.4. The Bertz CT molecular complexity index is 538. The minimum absolute atomic E-state index is 0.975. The lowest BCUT2D eigenvalue weighted by Gasteiger charge is -2.12. The van der Waals surface area contributed by atoms with Crippen molar-refractivity contribution in [3.05, 3.63) is 47.5 Å². The van der Waals surface area contributed by atoms with E-state index < -0.39 is 0 Å². The van der Waals surface area contributed by atoms with Gasteiger partial charge in [0.05, 0.1) is 7.11 Å². The molecule has 0 radical (unpaired) electrons. The predicted molar refractivity (Wildman–Crippen MR) is 77.5 cm³/mol. The van der Waals surface area contributed by atoms with Gasteiger partial charge in [-0.15, -0.1) is 0 Å². The van der Waals surface area contributed by atoms with Crippen molar-refractivity contribution in [2.45, 2.75) is 13.8 Å². The van der Waals surface area contributed by atoms with E-state index in [4.69, 9.17) is 4.74 Å². The van der Waals surface area contributed by atoms with Gasteiger partial charge in [-0.2, -0.15) is 0 Å². The Morgan fingerprint density at radius 3 is 2.17 bits per heavy atom. The van der Waals surface area contributed by atoms with Crippen molar-refractivity contribution in [2.75, 3.05) is 19.5 Å². The number of rotatable bonds is 3. The SMILES string of the molecule is CNc1cccc(-c2cc(C)c(OC)c(C)c2)c1. The average Bonchev–Trinajstić information content (AvgIpc) is 2.38. The van der Waals surface area contributed by atoms with Gasteiger partial charge in [-0.25, -0.2) is 0 Å². The Hall–Kier alpha value is -1.96. The van der Waals surface area contributed by atoms with Crippen LogP contribution in [-0.2, 0) is 0 Å². The van der Waals surface area contributed by atoms with Crippen molar-refractivity contribution in [3.63, 3.8) is 0 Å². The highest BCUT2D eigenvalue weighted by atomic mass is 16.5. The first-order valence-corrected chi connectivity index (χ1v) is 6.09. The molecule has 0 aromatic heterocycles. The first-order valence-electron chi connectivity index (χ1n) is 6.09.